The molecule has 0 atom stereocenters. The van der Waals surface area contributed by atoms with Gasteiger partial charge in [0.15, 0.2) is 0 Å². The van der Waals surface area contributed by atoms with Crippen LogP contribution in [0.3, 0.4) is 0 Å². The van der Waals surface area contributed by atoms with Gasteiger partial charge in [0.2, 0.25) is 0 Å². The van der Waals surface area contributed by atoms with Crippen LogP contribution >= 0.6 is 12.6 Å². The van der Waals surface area contributed by atoms with Crippen molar-refractivity contribution in [1.82, 2.24) is 0 Å². The van der Waals surface area contributed by atoms with E-state index in [1.54, 1.807) is 6.92 Å². The van der Waals surface area contributed by atoms with Crippen molar-refractivity contribution in [2.75, 3.05) is 0 Å². The number of aliphatic hydroxyl groups is 1. The van der Waals surface area contributed by atoms with Crippen LogP contribution in [-0.2, 0) is 0 Å². The molecule has 1 rings (SSSR count). The molecule has 1 nitrogen and oxygen atoms in total. The lowest BCUT2D eigenvalue weighted by molar-refractivity contribution is 0.509. The Morgan fingerprint density at radius 1 is 1.33 bits per heavy atom. The van der Waals surface area contributed by atoms with Crippen molar-refractivity contribution in [2.24, 2.45) is 0 Å². The van der Waals surface area contributed by atoms with Crippen LogP contribution in [0.2, 0.25) is 0 Å². The van der Waals surface area contributed by atoms with Crippen LogP contribution in [-0.4, -0.2) is 5.11 Å². The Labute approximate surface area is 76.0 Å². The van der Waals surface area contributed by atoms with E-state index in [9.17, 15) is 9.50 Å². The summed E-state index contributed by atoms with van der Waals surface area (Å²) in [7, 11) is 0. The predicted octanol–water partition coefficient (Wildman–Crippen LogP) is 3.00. The molecule has 0 unspecified atom stereocenters. The fourth-order valence-electron chi connectivity index (χ4n) is 0.817. The van der Waals surface area contributed by atoms with Gasteiger partial charge in [0, 0.05) is 10.5 Å². The van der Waals surface area contributed by atoms with Crippen molar-refractivity contribution in [1.29, 1.82) is 0 Å². The smallest absolute Gasteiger partial charge is 0.131 e. The number of hydrogen-bond donors (Lipinski definition) is 2. The molecule has 0 heterocycles. The molecule has 1 aromatic carbocycles. The summed E-state index contributed by atoms with van der Waals surface area (Å²) in [5.41, 5.74) is 0.573. The monoisotopic (exact) mass is 184 g/mol. The number of thiol groups is 1. The van der Waals surface area contributed by atoms with E-state index in [-0.39, 0.29) is 11.6 Å². The fraction of sp³-hybridized carbons (Fsp3) is 0.111. The molecule has 64 valence electrons. The molecule has 0 fully saturated rings. The van der Waals surface area contributed by atoms with Gasteiger partial charge in [-0.05, 0) is 31.2 Å². The van der Waals surface area contributed by atoms with E-state index >= 15 is 0 Å². The Kier molecular flexibility index (Phi) is 2.76. The highest BCUT2D eigenvalue weighted by Crippen LogP contribution is 2.17. The molecule has 0 saturated carbocycles. The third-order valence-corrected chi connectivity index (χ3v) is 1.67. The first-order chi connectivity index (χ1) is 5.61. The maximum atomic E-state index is 12.4. The molecule has 0 amide bonds. The number of benzene rings is 1. The summed E-state index contributed by atoms with van der Waals surface area (Å²) in [6, 6.07) is 5.60. The Morgan fingerprint density at radius 3 is 2.25 bits per heavy atom. The van der Waals surface area contributed by atoms with Crippen molar-refractivity contribution in [3.8, 4) is 0 Å². The number of hydrogen-bond acceptors (Lipinski definition) is 2. The molecule has 0 aliphatic carbocycles. The zero-order chi connectivity index (χ0) is 9.14. The van der Waals surface area contributed by atoms with Gasteiger partial charge < -0.3 is 5.11 Å². The van der Waals surface area contributed by atoms with Crippen molar-refractivity contribution < 1.29 is 9.50 Å². The number of halogens is 1. The maximum absolute atomic E-state index is 12.4. The minimum Gasteiger partial charge on any atom is -0.507 e. The Bertz CT molecular complexity index is 299. The van der Waals surface area contributed by atoms with Crippen LogP contribution in [0.1, 0.15) is 12.5 Å². The summed E-state index contributed by atoms with van der Waals surface area (Å²) in [5.74, 6) is -0.235. The van der Waals surface area contributed by atoms with Gasteiger partial charge in [0.05, 0.1) is 0 Å². The quantitative estimate of drug-likeness (QED) is 0.508. The van der Waals surface area contributed by atoms with Gasteiger partial charge in [-0.15, -0.1) is 12.6 Å². The molecule has 0 saturated heterocycles. The second kappa shape index (κ2) is 3.63. The summed E-state index contributed by atoms with van der Waals surface area (Å²) in [5, 5.41) is 9.37. The molecule has 0 aliphatic heterocycles. The van der Waals surface area contributed by atoms with E-state index in [1.807, 2.05) is 0 Å². The van der Waals surface area contributed by atoms with Crippen molar-refractivity contribution in [3.63, 3.8) is 0 Å². The average Bonchev–Trinajstić information content (AvgIpc) is 2.04. The SMILES string of the molecule is C/C(S)=C(/O)c1ccc(F)cc1. The second-order valence-electron chi connectivity index (χ2n) is 2.44. The first-order valence-corrected chi connectivity index (χ1v) is 3.90. The van der Waals surface area contributed by atoms with E-state index in [4.69, 9.17) is 0 Å². The van der Waals surface area contributed by atoms with Crippen molar-refractivity contribution in [3.05, 3.63) is 40.6 Å². The molecule has 0 radical (unpaired) electrons. The second-order valence-corrected chi connectivity index (χ2v) is 3.11. The largest absolute Gasteiger partial charge is 0.507 e. The van der Waals surface area contributed by atoms with Gasteiger partial charge in [-0.1, -0.05) is 0 Å². The molecule has 0 spiro atoms. The van der Waals surface area contributed by atoms with E-state index in [2.05, 4.69) is 12.6 Å². The topological polar surface area (TPSA) is 20.2 Å². The molecule has 3 heteroatoms. The number of rotatable bonds is 1. The molecule has 0 aliphatic rings. The lowest BCUT2D eigenvalue weighted by atomic mass is 10.2. The van der Waals surface area contributed by atoms with Gasteiger partial charge in [-0.2, -0.15) is 0 Å². The normalized spacial score (nSPS) is 12.6. The highest BCUT2D eigenvalue weighted by molar-refractivity contribution is 7.84. The van der Waals surface area contributed by atoms with Gasteiger partial charge in [0.1, 0.15) is 11.6 Å². The van der Waals surface area contributed by atoms with Crippen molar-refractivity contribution in [2.45, 2.75) is 6.92 Å². The summed E-state index contributed by atoms with van der Waals surface area (Å²) in [6.45, 7) is 1.67. The molecule has 0 bridgehead atoms. The van der Waals surface area contributed by atoms with Crippen LogP contribution in [0.4, 0.5) is 4.39 Å². The van der Waals surface area contributed by atoms with Crippen LogP contribution in [0.25, 0.3) is 5.76 Å². The first-order valence-electron chi connectivity index (χ1n) is 3.46. The highest BCUT2D eigenvalue weighted by Gasteiger charge is 2.00. The third kappa shape index (κ3) is 2.01. The Balaban J connectivity index is 3.06. The van der Waals surface area contributed by atoms with E-state index in [0.717, 1.165) is 0 Å². The predicted molar refractivity (Wildman–Crippen MR) is 50.6 cm³/mol. The Hall–Kier alpha value is -0.960. The third-order valence-electron chi connectivity index (χ3n) is 1.46. The standard InChI is InChI=1S/C9H9FOS/c1-6(12)9(11)7-2-4-8(10)5-3-7/h2-5,11-12H,1H3/b9-6-. The van der Waals surface area contributed by atoms with Gasteiger partial charge >= 0.3 is 0 Å². The molecule has 12 heavy (non-hydrogen) atoms. The van der Waals surface area contributed by atoms with Gasteiger partial charge in [-0.25, -0.2) is 4.39 Å². The summed E-state index contributed by atoms with van der Waals surface area (Å²) in [6.07, 6.45) is 0. The molecule has 1 N–H and O–H groups in total. The van der Waals surface area contributed by atoms with Crippen LogP contribution in [0, 0.1) is 5.82 Å². The summed E-state index contributed by atoms with van der Waals surface area (Å²) in [4.78, 5) is 0.515. The van der Waals surface area contributed by atoms with E-state index < -0.39 is 0 Å². The molecule has 0 aromatic heterocycles. The molecular weight excluding hydrogens is 175 g/mol. The van der Waals surface area contributed by atoms with E-state index in [1.165, 1.54) is 24.3 Å². The number of aliphatic hydroxyl groups excluding tert-OH is 1. The lowest BCUT2D eigenvalue weighted by Gasteiger charge is -2.00. The zero-order valence-corrected chi connectivity index (χ0v) is 7.48. The first kappa shape index (κ1) is 9.13. The zero-order valence-electron chi connectivity index (χ0n) is 6.58. The van der Waals surface area contributed by atoms with Gasteiger partial charge in [-0.3, -0.25) is 0 Å². The van der Waals surface area contributed by atoms with Gasteiger partial charge in [0.25, 0.3) is 0 Å². The summed E-state index contributed by atoms with van der Waals surface area (Å²) >= 11 is 3.97. The summed E-state index contributed by atoms with van der Waals surface area (Å²) < 4.78 is 12.4. The Morgan fingerprint density at radius 2 is 1.83 bits per heavy atom. The average molecular weight is 184 g/mol. The minimum atomic E-state index is -0.316. The van der Waals surface area contributed by atoms with Crippen LogP contribution < -0.4 is 0 Å². The fourth-order valence-corrected chi connectivity index (χ4v) is 0.946. The highest BCUT2D eigenvalue weighted by atomic mass is 32.1. The van der Waals surface area contributed by atoms with Crippen LogP contribution in [0.5, 0.6) is 0 Å². The van der Waals surface area contributed by atoms with E-state index in [0.29, 0.717) is 10.5 Å². The number of allylic oxidation sites excluding steroid dienone is 1. The lowest BCUT2D eigenvalue weighted by Crippen LogP contribution is -1.84. The molecular formula is C9H9FOS. The van der Waals surface area contributed by atoms with Crippen LogP contribution in [0.15, 0.2) is 29.2 Å². The maximum Gasteiger partial charge on any atom is 0.131 e. The molecule has 1 aromatic rings. The van der Waals surface area contributed by atoms with Crippen molar-refractivity contribution >= 4 is 18.4 Å². The minimum absolute atomic E-state index is 0.0818.